The van der Waals surface area contributed by atoms with Gasteiger partial charge in [0.05, 0.1) is 11.0 Å². The molecule has 2 N–H and O–H groups in total. The van der Waals surface area contributed by atoms with Gasteiger partial charge in [-0.2, -0.15) is 0 Å². The molecule has 65 heavy (non-hydrogen) atoms. The van der Waals surface area contributed by atoms with Gasteiger partial charge in [0.1, 0.15) is 0 Å². The van der Waals surface area contributed by atoms with E-state index in [0.717, 1.165) is 72.6 Å². The van der Waals surface area contributed by atoms with E-state index in [9.17, 15) is 0 Å². The maximum Gasteiger partial charge on any atom is 0.0649 e. The predicted molar refractivity (Wildman–Crippen MR) is 277 cm³/mol. The molecular weight excluding hydrogens is 789 g/mol. The van der Waals surface area contributed by atoms with Crippen LogP contribution in [-0.2, 0) is 5.41 Å². The Morgan fingerprint density at radius 3 is 1.72 bits per heavy atom. The van der Waals surface area contributed by atoms with Crippen molar-refractivity contribution in [2.24, 2.45) is 0 Å². The maximum absolute atomic E-state index is 8.67. The lowest BCUT2D eigenvalue weighted by atomic mass is 9.82. The van der Waals surface area contributed by atoms with Gasteiger partial charge in [0.2, 0.25) is 0 Å². The number of anilines is 5. The lowest BCUT2D eigenvalue weighted by Crippen LogP contribution is -2.16. The molecule has 1 aliphatic rings. The van der Waals surface area contributed by atoms with Gasteiger partial charge in [-0.25, -0.2) is 0 Å². The molecule has 0 aliphatic heterocycles. The number of nitrogens with zero attached hydrogens (tertiary/aromatic N) is 2. The molecule has 1 aliphatic carbocycles. The van der Waals surface area contributed by atoms with Gasteiger partial charge in [-0.15, -0.1) is 6.58 Å². The van der Waals surface area contributed by atoms with E-state index in [-0.39, 0.29) is 5.41 Å². The first kappa shape index (κ1) is 40.8. The third kappa shape index (κ3) is 7.39. The molecule has 9 aromatic carbocycles. The van der Waals surface area contributed by atoms with Gasteiger partial charge in [0, 0.05) is 62.1 Å². The molecule has 1 aromatic heterocycles. The molecule has 0 fully saturated rings. The SMILES string of the molecule is C=CC.CC1(C)c2ccccc2-c2ccc(N(c3ccc(-c4ccccc4)cc3)c3ccc(-c4ccc5c(c4)c4ccc(Nc6ccccc6)c(C=N)c4n5-c4ccccc4)cc3)cc21. The fourth-order valence-electron chi connectivity index (χ4n) is 9.61. The van der Waals surface area contributed by atoms with E-state index in [1.54, 1.807) is 6.08 Å². The molecular formula is C61H50N4. The van der Waals surface area contributed by atoms with E-state index in [4.69, 9.17) is 5.41 Å². The largest absolute Gasteiger partial charge is 0.355 e. The van der Waals surface area contributed by atoms with Crippen LogP contribution >= 0.6 is 0 Å². The molecule has 1 heterocycles. The van der Waals surface area contributed by atoms with E-state index in [0.29, 0.717) is 0 Å². The first-order chi connectivity index (χ1) is 31.9. The third-order valence-corrected chi connectivity index (χ3v) is 12.7. The van der Waals surface area contributed by atoms with Crippen molar-refractivity contribution in [3.05, 3.63) is 242 Å². The highest BCUT2D eigenvalue weighted by Gasteiger charge is 2.35. The molecule has 11 rings (SSSR count). The molecule has 0 atom stereocenters. The van der Waals surface area contributed by atoms with Crippen LogP contribution in [0.2, 0.25) is 0 Å². The van der Waals surface area contributed by atoms with Crippen molar-refractivity contribution < 1.29 is 0 Å². The lowest BCUT2D eigenvalue weighted by Gasteiger charge is -2.28. The van der Waals surface area contributed by atoms with Crippen LogP contribution in [0.4, 0.5) is 28.4 Å². The Labute approximate surface area is 381 Å². The third-order valence-electron chi connectivity index (χ3n) is 12.7. The highest BCUT2D eigenvalue weighted by molar-refractivity contribution is 6.17. The first-order valence-electron chi connectivity index (χ1n) is 22.2. The molecule has 10 aromatic rings. The normalized spacial score (nSPS) is 12.2. The van der Waals surface area contributed by atoms with E-state index >= 15 is 0 Å². The van der Waals surface area contributed by atoms with E-state index < -0.39 is 0 Å². The topological polar surface area (TPSA) is 44.1 Å². The smallest absolute Gasteiger partial charge is 0.0649 e. The highest BCUT2D eigenvalue weighted by atomic mass is 15.1. The van der Waals surface area contributed by atoms with Crippen molar-refractivity contribution in [1.29, 1.82) is 5.41 Å². The van der Waals surface area contributed by atoms with Gasteiger partial charge < -0.3 is 20.2 Å². The van der Waals surface area contributed by atoms with Crippen LogP contribution in [0.5, 0.6) is 0 Å². The van der Waals surface area contributed by atoms with Crippen LogP contribution < -0.4 is 10.2 Å². The average molecular weight is 839 g/mol. The summed E-state index contributed by atoms with van der Waals surface area (Å²) in [5, 5.41) is 14.5. The summed E-state index contributed by atoms with van der Waals surface area (Å²) in [5.74, 6) is 0. The predicted octanol–water partition coefficient (Wildman–Crippen LogP) is 16.8. The minimum absolute atomic E-state index is 0.115. The summed E-state index contributed by atoms with van der Waals surface area (Å²) in [7, 11) is 0. The van der Waals surface area contributed by atoms with Crippen LogP contribution in [0.15, 0.2) is 225 Å². The molecule has 4 nitrogen and oxygen atoms in total. The molecule has 0 saturated carbocycles. The Morgan fingerprint density at radius 2 is 1.06 bits per heavy atom. The van der Waals surface area contributed by atoms with Gasteiger partial charge in [-0.3, -0.25) is 0 Å². The second-order valence-electron chi connectivity index (χ2n) is 17.1. The summed E-state index contributed by atoms with van der Waals surface area (Å²) < 4.78 is 2.30. The molecule has 0 saturated heterocycles. The number of benzene rings is 9. The second kappa shape index (κ2) is 17.2. The number of fused-ring (bicyclic) bond motifs is 6. The minimum Gasteiger partial charge on any atom is -0.355 e. The molecule has 4 heteroatoms. The Kier molecular flexibility index (Phi) is 10.8. The van der Waals surface area contributed by atoms with Gasteiger partial charge in [-0.05, 0) is 130 Å². The van der Waals surface area contributed by atoms with E-state index in [1.807, 2.05) is 31.2 Å². The van der Waals surface area contributed by atoms with Crippen molar-refractivity contribution in [3.63, 3.8) is 0 Å². The van der Waals surface area contributed by atoms with Crippen LogP contribution in [0.3, 0.4) is 0 Å². The summed E-state index contributed by atoms with van der Waals surface area (Å²) in [5.41, 5.74) is 19.1. The average Bonchev–Trinajstić information content (AvgIpc) is 3.80. The van der Waals surface area contributed by atoms with Crippen LogP contribution in [0, 0.1) is 5.41 Å². The Balaban J connectivity index is 0.00000162. The zero-order valence-corrected chi connectivity index (χ0v) is 37.0. The van der Waals surface area contributed by atoms with Gasteiger partial charge in [0.15, 0.2) is 0 Å². The number of aromatic nitrogens is 1. The number of hydrogen-bond acceptors (Lipinski definition) is 3. The Hall–Kier alpha value is -8.21. The zero-order valence-electron chi connectivity index (χ0n) is 37.0. The summed E-state index contributed by atoms with van der Waals surface area (Å²) in [6.45, 7) is 9.94. The van der Waals surface area contributed by atoms with Crippen molar-refractivity contribution in [1.82, 2.24) is 4.57 Å². The standard InChI is InChI=1S/C58H44N4.C3H6/c1-58(2)53-21-13-12-20-48(53)49-32-31-47(37-54(49)58)61(45-27-22-40(23-28-45)39-14-6-3-7-15-39)46-29-24-41(25-30-46)42-26-35-56-51(36-42)50-33-34-55(60-43-16-8-4-9-17-43)52(38-59)57(50)62(56)44-18-10-5-11-19-44;1-3-2/h3-38,59-60H,1-2H3;3H,1H2,2H3. The number of rotatable bonds is 9. The van der Waals surface area contributed by atoms with Crippen molar-refractivity contribution in [3.8, 4) is 39.1 Å². The summed E-state index contributed by atoms with van der Waals surface area (Å²) in [4.78, 5) is 2.38. The summed E-state index contributed by atoms with van der Waals surface area (Å²) >= 11 is 0. The minimum atomic E-state index is -0.115. The number of nitrogens with one attached hydrogen (secondary N) is 2. The lowest BCUT2D eigenvalue weighted by molar-refractivity contribution is 0.660. The molecule has 0 radical (unpaired) electrons. The molecule has 314 valence electrons. The number of allylic oxidation sites excluding steroid dienone is 1. The van der Waals surface area contributed by atoms with Crippen LogP contribution in [0.1, 0.15) is 37.5 Å². The van der Waals surface area contributed by atoms with Gasteiger partial charge in [0.25, 0.3) is 0 Å². The second-order valence-corrected chi connectivity index (χ2v) is 17.1. The van der Waals surface area contributed by atoms with Crippen molar-refractivity contribution >= 4 is 56.5 Å². The quantitative estimate of drug-likeness (QED) is 0.112. The molecule has 0 spiro atoms. The summed E-state index contributed by atoms with van der Waals surface area (Å²) in [6, 6.07) is 76.0. The van der Waals surface area contributed by atoms with Crippen molar-refractivity contribution in [2.75, 3.05) is 10.2 Å². The van der Waals surface area contributed by atoms with Gasteiger partial charge in [-0.1, -0.05) is 153 Å². The maximum atomic E-state index is 8.67. The zero-order chi connectivity index (χ0) is 44.5. The Bertz CT molecular complexity index is 3330. The number of para-hydroxylation sites is 2. The van der Waals surface area contributed by atoms with Crippen LogP contribution in [0.25, 0.3) is 60.9 Å². The molecule has 0 unspecified atom stereocenters. The first-order valence-corrected chi connectivity index (χ1v) is 22.2. The highest BCUT2D eigenvalue weighted by Crippen LogP contribution is 2.51. The number of hydrogen-bond donors (Lipinski definition) is 2. The van der Waals surface area contributed by atoms with E-state index in [2.05, 4.69) is 223 Å². The Morgan fingerprint density at radius 1 is 0.523 bits per heavy atom. The van der Waals surface area contributed by atoms with Crippen molar-refractivity contribution in [2.45, 2.75) is 26.2 Å². The molecule has 0 amide bonds. The molecule has 0 bridgehead atoms. The van der Waals surface area contributed by atoms with Gasteiger partial charge >= 0.3 is 0 Å². The van der Waals surface area contributed by atoms with E-state index in [1.165, 1.54) is 39.6 Å². The fourth-order valence-corrected chi connectivity index (χ4v) is 9.61. The summed E-state index contributed by atoms with van der Waals surface area (Å²) in [6.07, 6.45) is 3.23. The monoisotopic (exact) mass is 838 g/mol. The van der Waals surface area contributed by atoms with Crippen LogP contribution in [-0.4, -0.2) is 10.8 Å². The fraction of sp³-hybridized carbons (Fsp3) is 0.0656.